The van der Waals surface area contributed by atoms with Crippen molar-refractivity contribution in [3.63, 3.8) is 0 Å². The number of benzene rings is 2. The Morgan fingerprint density at radius 1 is 1.05 bits per heavy atom. The Morgan fingerprint density at radius 3 is 2.29 bits per heavy atom. The van der Waals surface area contributed by atoms with Gasteiger partial charge >= 0.3 is 0 Å². The van der Waals surface area contributed by atoms with Crippen LogP contribution in [0.4, 0.5) is 0 Å². The monoisotopic (exact) mass is 337 g/mol. The van der Waals surface area contributed by atoms with Gasteiger partial charge in [0.15, 0.2) is 0 Å². The van der Waals surface area contributed by atoms with Crippen molar-refractivity contribution in [2.24, 2.45) is 0 Å². The molecular weight excluding hydrogens is 329 g/mol. The zero-order chi connectivity index (χ0) is 15.5. The molecule has 21 heavy (non-hydrogen) atoms. The second-order valence-electron chi connectivity index (χ2n) is 4.11. The molecule has 0 aliphatic carbocycles. The normalized spacial score (nSPS) is 12.0. The Kier molecular flexibility index (Phi) is 4.69. The van der Waals surface area contributed by atoms with Gasteiger partial charge in [-0.3, -0.25) is 0 Å². The molecule has 0 amide bonds. The molecule has 0 aromatic heterocycles. The molecule has 2 aromatic rings. The van der Waals surface area contributed by atoms with Gasteiger partial charge in [0.05, 0.1) is 14.9 Å². The molecule has 3 nitrogen and oxygen atoms in total. The molecule has 0 heterocycles. The molecule has 0 aliphatic heterocycles. The highest BCUT2D eigenvalue weighted by Crippen LogP contribution is 2.26. The van der Waals surface area contributed by atoms with Crippen molar-refractivity contribution >= 4 is 39.1 Å². The lowest BCUT2D eigenvalue weighted by molar-refractivity contribution is 0.603. The van der Waals surface area contributed by atoms with Gasteiger partial charge in [-0.15, -0.1) is 0 Å². The maximum atomic E-state index is 12.4. The number of hydrogen-bond donors (Lipinski definition) is 0. The van der Waals surface area contributed by atoms with Gasteiger partial charge in [0.25, 0.3) is 0 Å². The average molecular weight is 338 g/mol. The Labute approximate surface area is 133 Å². The standard InChI is InChI=1S/C15H9Cl2NO2S/c16-14-7-6-11(9-15(14)17)8-13(10-18)21(19,20)12-4-2-1-3-5-12/h1-9H/b13-8+. The van der Waals surface area contributed by atoms with Crippen molar-refractivity contribution in [2.45, 2.75) is 4.90 Å². The van der Waals surface area contributed by atoms with Crippen LogP contribution in [-0.4, -0.2) is 8.42 Å². The Bertz CT molecular complexity index is 838. The van der Waals surface area contributed by atoms with Crippen molar-refractivity contribution in [3.8, 4) is 6.07 Å². The van der Waals surface area contributed by atoms with Crippen molar-refractivity contribution < 1.29 is 8.42 Å². The zero-order valence-corrected chi connectivity index (χ0v) is 13.0. The van der Waals surface area contributed by atoms with E-state index in [1.165, 1.54) is 24.3 Å². The summed E-state index contributed by atoms with van der Waals surface area (Å²) in [5.74, 6) is 0. The molecular formula is C15H9Cl2NO2S. The van der Waals surface area contributed by atoms with Crippen LogP contribution in [0, 0.1) is 11.3 Å². The van der Waals surface area contributed by atoms with Crippen LogP contribution in [-0.2, 0) is 9.84 Å². The molecule has 0 saturated carbocycles. The third kappa shape index (κ3) is 3.45. The fourth-order valence-electron chi connectivity index (χ4n) is 1.65. The lowest BCUT2D eigenvalue weighted by Crippen LogP contribution is -2.03. The SMILES string of the molecule is N#C/C(=C\c1ccc(Cl)c(Cl)c1)S(=O)(=O)c1ccccc1. The van der Waals surface area contributed by atoms with Gasteiger partial charge in [-0.2, -0.15) is 5.26 Å². The predicted octanol–water partition coefficient (Wildman–Crippen LogP) is 4.33. The van der Waals surface area contributed by atoms with Crippen LogP contribution >= 0.6 is 23.2 Å². The van der Waals surface area contributed by atoms with E-state index in [2.05, 4.69) is 0 Å². The van der Waals surface area contributed by atoms with Crippen LogP contribution in [0.15, 0.2) is 58.3 Å². The Balaban J connectivity index is 2.51. The maximum Gasteiger partial charge on any atom is 0.216 e. The number of halogens is 2. The van der Waals surface area contributed by atoms with Crippen LogP contribution in [0.2, 0.25) is 10.0 Å². The van der Waals surface area contributed by atoms with E-state index in [-0.39, 0.29) is 9.80 Å². The van der Waals surface area contributed by atoms with Crippen LogP contribution in [0.25, 0.3) is 6.08 Å². The molecule has 0 unspecified atom stereocenters. The second-order valence-corrected chi connectivity index (χ2v) is 6.84. The molecule has 2 rings (SSSR count). The van der Waals surface area contributed by atoms with E-state index in [1.807, 2.05) is 0 Å². The highest BCUT2D eigenvalue weighted by molar-refractivity contribution is 7.95. The first-order valence-electron chi connectivity index (χ1n) is 5.82. The first-order valence-corrected chi connectivity index (χ1v) is 8.06. The van der Waals surface area contributed by atoms with E-state index in [9.17, 15) is 8.42 Å². The maximum absolute atomic E-state index is 12.4. The summed E-state index contributed by atoms with van der Waals surface area (Å²) < 4.78 is 24.7. The summed E-state index contributed by atoms with van der Waals surface area (Å²) >= 11 is 11.7. The molecule has 2 aromatic carbocycles. The third-order valence-corrected chi connectivity index (χ3v) is 5.11. The summed E-state index contributed by atoms with van der Waals surface area (Å²) in [7, 11) is -3.85. The quantitative estimate of drug-likeness (QED) is 0.783. The molecule has 0 aliphatic rings. The minimum absolute atomic E-state index is 0.0675. The number of allylic oxidation sites excluding steroid dienone is 1. The van der Waals surface area contributed by atoms with E-state index in [1.54, 1.807) is 36.4 Å². The van der Waals surface area contributed by atoms with Gasteiger partial charge in [-0.25, -0.2) is 8.42 Å². The Morgan fingerprint density at radius 2 is 1.71 bits per heavy atom. The fraction of sp³-hybridized carbons (Fsp3) is 0. The van der Waals surface area contributed by atoms with Crippen molar-refractivity contribution in [3.05, 3.63) is 69.0 Å². The van der Waals surface area contributed by atoms with E-state index < -0.39 is 9.84 Å². The first kappa shape index (κ1) is 15.6. The van der Waals surface area contributed by atoms with E-state index in [0.29, 0.717) is 15.6 Å². The highest BCUT2D eigenvalue weighted by Gasteiger charge is 2.20. The zero-order valence-electron chi connectivity index (χ0n) is 10.6. The van der Waals surface area contributed by atoms with E-state index in [4.69, 9.17) is 28.5 Å². The largest absolute Gasteiger partial charge is 0.218 e. The van der Waals surface area contributed by atoms with Crippen molar-refractivity contribution in [1.29, 1.82) is 5.26 Å². The van der Waals surface area contributed by atoms with Crippen molar-refractivity contribution in [2.75, 3.05) is 0 Å². The molecule has 0 spiro atoms. The first-order chi connectivity index (χ1) is 9.95. The summed E-state index contributed by atoms with van der Waals surface area (Å²) in [5, 5.41) is 9.80. The molecule has 0 radical (unpaired) electrons. The lowest BCUT2D eigenvalue weighted by atomic mass is 10.2. The molecule has 0 bridgehead atoms. The number of rotatable bonds is 3. The summed E-state index contributed by atoms with van der Waals surface area (Å²) in [6.07, 6.45) is 1.27. The van der Waals surface area contributed by atoms with Gasteiger partial charge in [-0.05, 0) is 35.9 Å². The van der Waals surface area contributed by atoms with Crippen molar-refractivity contribution in [1.82, 2.24) is 0 Å². The van der Waals surface area contributed by atoms with E-state index in [0.717, 1.165) is 0 Å². The second kappa shape index (κ2) is 6.31. The third-order valence-electron chi connectivity index (χ3n) is 2.69. The smallest absolute Gasteiger partial charge is 0.216 e. The summed E-state index contributed by atoms with van der Waals surface area (Å²) in [6.45, 7) is 0. The fourth-order valence-corrected chi connectivity index (χ4v) is 3.14. The molecule has 6 heteroatoms. The lowest BCUT2D eigenvalue weighted by Gasteiger charge is -2.03. The topological polar surface area (TPSA) is 57.9 Å². The summed E-state index contributed by atoms with van der Waals surface area (Å²) in [4.78, 5) is -0.287. The van der Waals surface area contributed by atoms with Crippen LogP contribution in [0.5, 0.6) is 0 Å². The Hall–Kier alpha value is -1.80. The van der Waals surface area contributed by atoms with E-state index >= 15 is 0 Å². The summed E-state index contributed by atoms with van der Waals surface area (Å²) in [5.41, 5.74) is 0.487. The number of hydrogen-bond acceptors (Lipinski definition) is 3. The average Bonchev–Trinajstić information content (AvgIpc) is 2.49. The van der Waals surface area contributed by atoms with Gasteiger partial charge in [0.2, 0.25) is 9.84 Å². The minimum atomic E-state index is -3.85. The molecule has 106 valence electrons. The van der Waals surface area contributed by atoms with Gasteiger partial charge < -0.3 is 0 Å². The number of nitrogens with zero attached hydrogens (tertiary/aromatic N) is 1. The molecule has 0 fully saturated rings. The van der Waals surface area contributed by atoms with Crippen LogP contribution in [0.3, 0.4) is 0 Å². The van der Waals surface area contributed by atoms with Gasteiger partial charge in [0.1, 0.15) is 11.0 Å². The van der Waals surface area contributed by atoms with Crippen LogP contribution < -0.4 is 0 Å². The number of sulfone groups is 1. The molecule has 0 N–H and O–H groups in total. The highest BCUT2D eigenvalue weighted by atomic mass is 35.5. The van der Waals surface area contributed by atoms with Crippen LogP contribution in [0.1, 0.15) is 5.56 Å². The summed E-state index contributed by atoms with van der Waals surface area (Å²) in [6, 6.07) is 14.1. The number of nitriles is 1. The molecule has 0 atom stereocenters. The molecule has 0 saturated heterocycles. The minimum Gasteiger partial charge on any atom is -0.218 e. The predicted molar refractivity (Wildman–Crippen MR) is 83.7 cm³/mol. The van der Waals surface area contributed by atoms with Gasteiger partial charge in [-0.1, -0.05) is 47.5 Å². The van der Waals surface area contributed by atoms with Gasteiger partial charge in [0, 0.05) is 0 Å².